The van der Waals surface area contributed by atoms with Crippen molar-refractivity contribution in [2.75, 3.05) is 13.1 Å². The molecule has 2 heterocycles. The van der Waals surface area contributed by atoms with Crippen LogP contribution in [0.4, 0.5) is 17.6 Å². The maximum absolute atomic E-state index is 14.3. The van der Waals surface area contributed by atoms with E-state index in [1.165, 1.54) is 42.5 Å². The summed E-state index contributed by atoms with van der Waals surface area (Å²) >= 11 is 0. The summed E-state index contributed by atoms with van der Waals surface area (Å²) in [6.07, 6.45) is 2.51. The molecule has 206 valence electrons. The minimum atomic E-state index is -0.291. The van der Waals surface area contributed by atoms with Crippen molar-refractivity contribution in [3.63, 3.8) is 0 Å². The second-order valence-electron chi connectivity index (χ2n) is 10.2. The molecule has 0 saturated carbocycles. The summed E-state index contributed by atoms with van der Waals surface area (Å²) in [6.45, 7) is 2.39. The van der Waals surface area contributed by atoms with Crippen molar-refractivity contribution in [2.45, 2.75) is 31.7 Å². The van der Waals surface area contributed by atoms with E-state index in [1.54, 1.807) is 48.5 Å². The third-order valence-corrected chi connectivity index (χ3v) is 7.79. The predicted octanol–water partition coefficient (Wildman–Crippen LogP) is 8.58. The Hall–Kier alpha value is -3.61. The second kappa shape index (κ2) is 11.9. The van der Waals surface area contributed by atoms with Gasteiger partial charge in [0.15, 0.2) is 0 Å². The Kier molecular flexibility index (Phi) is 8.29. The molecule has 1 aliphatic rings. The SMILES string of the molecule is Cl.Fc1ccc(C(CCCN2CCc3c(c4cc(F)ccc4n3-c3ccc(F)cc3)C2)c2ccc(F)cc2)cc1. The molecule has 0 aliphatic carbocycles. The fourth-order valence-electron chi connectivity index (χ4n) is 5.90. The van der Waals surface area contributed by atoms with E-state index >= 15 is 0 Å². The van der Waals surface area contributed by atoms with Gasteiger partial charge in [-0.3, -0.25) is 4.90 Å². The molecule has 0 saturated heterocycles. The van der Waals surface area contributed by atoms with E-state index in [9.17, 15) is 17.6 Å². The Morgan fingerprint density at radius 3 is 1.82 bits per heavy atom. The number of rotatable bonds is 7. The van der Waals surface area contributed by atoms with Crippen LogP contribution in [0, 0.1) is 23.3 Å². The fourth-order valence-corrected chi connectivity index (χ4v) is 5.90. The third-order valence-electron chi connectivity index (χ3n) is 7.79. The molecule has 0 atom stereocenters. The van der Waals surface area contributed by atoms with Crippen LogP contribution in [0.5, 0.6) is 0 Å². The molecule has 2 nitrogen and oxygen atoms in total. The largest absolute Gasteiger partial charge is 0.313 e. The van der Waals surface area contributed by atoms with Crippen molar-refractivity contribution in [3.05, 3.63) is 137 Å². The maximum atomic E-state index is 14.3. The summed E-state index contributed by atoms with van der Waals surface area (Å²) in [5, 5.41) is 0.884. The van der Waals surface area contributed by atoms with Crippen molar-refractivity contribution in [2.24, 2.45) is 0 Å². The highest BCUT2D eigenvalue weighted by atomic mass is 35.5. The van der Waals surface area contributed by atoms with Gasteiger partial charge in [-0.2, -0.15) is 0 Å². The Morgan fingerprint density at radius 2 is 1.23 bits per heavy atom. The average Bonchev–Trinajstić information content (AvgIpc) is 3.26. The second-order valence-corrected chi connectivity index (χ2v) is 10.2. The molecule has 7 heteroatoms. The van der Waals surface area contributed by atoms with Crippen LogP contribution in [0.1, 0.15) is 41.1 Å². The number of hydrogen-bond donors (Lipinski definition) is 0. The summed E-state index contributed by atoms with van der Waals surface area (Å²) in [7, 11) is 0. The van der Waals surface area contributed by atoms with Gasteiger partial charge in [0.25, 0.3) is 0 Å². The summed E-state index contributed by atoms with van der Waals surface area (Å²) < 4.78 is 57.2. The van der Waals surface area contributed by atoms with Crippen LogP contribution in [-0.2, 0) is 13.0 Å². The highest BCUT2D eigenvalue weighted by molar-refractivity contribution is 5.87. The van der Waals surface area contributed by atoms with Gasteiger partial charge < -0.3 is 4.57 Å². The molecule has 0 radical (unpaired) electrons. The highest BCUT2D eigenvalue weighted by Gasteiger charge is 2.25. The molecule has 40 heavy (non-hydrogen) atoms. The Bertz CT molecular complexity index is 1550. The summed E-state index contributed by atoms with van der Waals surface area (Å²) in [5.41, 5.74) is 6.03. The van der Waals surface area contributed by atoms with Crippen LogP contribution >= 0.6 is 12.4 Å². The van der Waals surface area contributed by atoms with Crippen LogP contribution in [0.3, 0.4) is 0 Å². The Balaban J connectivity index is 0.00000323. The van der Waals surface area contributed by atoms with E-state index in [0.29, 0.717) is 6.54 Å². The molecule has 1 aliphatic heterocycles. The van der Waals surface area contributed by atoms with Crippen molar-refractivity contribution in [1.29, 1.82) is 0 Å². The minimum Gasteiger partial charge on any atom is -0.313 e. The van der Waals surface area contributed by atoms with Gasteiger partial charge in [0, 0.05) is 42.2 Å². The monoisotopic (exact) mass is 564 g/mol. The lowest BCUT2D eigenvalue weighted by atomic mass is 9.87. The van der Waals surface area contributed by atoms with Gasteiger partial charge in [-0.1, -0.05) is 24.3 Å². The van der Waals surface area contributed by atoms with Gasteiger partial charge in [0.2, 0.25) is 0 Å². The summed E-state index contributed by atoms with van der Waals surface area (Å²) in [6, 6.07) is 24.3. The molecule has 5 aromatic rings. The normalized spacial score (nSPS) is 13.4. The van der Waals surface area contributed by atoms with Gasteiger partial charge in [-0.15, -0.1) is 12.4 Å². The molecule has 4 aromatic carbocycles. The Labute approximate surface area is 237 Å². The topological polar surface area (TPSA) is 8.17 Å². The van der Waals surface area contributed by atoms with E-state index in [1.807, 2.05) is 0 Å². The lowest BCUT2D eigenvalue weighted by molar-refractivity contribution is 0.247. The molecule has 6 rings (SSSR count). The highest BCUT2D eigenvalue weighted by Crippen LogP contribution is 2.35. The van der Waals surface area contributed by atoms with Crippen LogP contribution in [0.2, 0.25) is 0 Å². The van der Waals surface area contributed by atoms with E-state index in [2.05, 4.69) is 9.47 Å². The number of halogens is 5. The van der Waals surface area contributed by atoms with Crippen molar-refractivity contribution < 1.29 is 17.6 Å². The van der Waals surface area contributed by atoms with Gasteiger partial charge in [0.05, 0.1) is 5.52 Å². The first kappa shape index (κ1) is 27.9. The summed E-state index contributed by atoms with van der Waals surface area (Å²) in [4.78, 5) is 2.38. The molecular formula is C33H29ClF4N2. The first-order valence-electron chi connectivity index (χ1n) is 13.3. The average molecular weight is 565 g/mol. The fraction of sp³-hybridized carbons (Fsp3) is 0.212. The first-order valence-corrected chi connectivity index (χ1v) is 13.3. The van der Waals surface area contributed by atoms with Crippen molar-refractivity contribution in [1.82, 2.24) is 9.47 Å². The molecule has 0 fully saturated rings. The van der Waals surface area contributed by atoms with Crippen LogP contribution in [0.15, 0.2) is 91.0 Å². The van der Waals surface area contributed by atoms with E-state index < -0.39 is 0 Å². The van der Waals surface area contributed by atoms with Gasteiger partial charge in [-0.05, 0) is 103 Å². The predicted molar refractivity (Wildman–Crippen MR) is 153 cm³/mol. The zero-order chi connectivity index (χ0) is 26.9. The van der Waals surface area contributed by atoms with Crippen LogP contribution in [0.25, 0.3) is 16.6 Å². The zero-order valence-electron chi connectivity index (χ0n) is 21.8. The number of aromatic nitrogens is 1. The van der Waals surface area contributed by atoms with Crippen molar-refractivity contribution in [3.8, 4) is 5.69 Å². The van der Waals surface area contributed by atoms with Crippen LogP contribution in [-0.4, -0.2) is 22.6 Å². The van der Waals surface area contributed by atoms with Gasteiger partial charge in [0.1, 0.15) is 23.3 Å². The van der Waals surface area contributed by atoms with E-state index in [4.69, 9.17) is 0 Å². The van der Waals surface area contributed by atoms with Gasteiger partial charge in [-0.25, -0.2) is 17.6 Å². The minimum absolute atomic E-state index is 0. The molecular weight excluding hydrogens is 536 g/mol. The molecule has 1 aromatic heterocycles. The molecule has 0 unspecified atom stereocenters. The summed E-state index contributed by atoms with van der Waals surface area (Å²) in [5.74, 6) is -1.10. The molecule has 0 spiro atoms. The quantitative estimate of drug-likeness (QED) is 0.180. The molecule has 0 bridgehead atoms. The zero-order valence-corrected chi connectivity index (χ0v) is 22.6. The first-order chi connectivity index (χ1) is 19.0. The molecule has 0 N–H and O–H groups in total. The lowest BCUT2D eigenvalue weighted by Gasteiger charge is -2.29. The van der Waals surface area contributed by atoms with Gasteiger partial charge >= 0.3 is 0 Å². The maximum Gasteiger partial charge on any atom is 0.123 e. The molecule has 0 amide bonds. The number of fused-ring (bicyclic) bond motifs is 3. The van der Waals surface area contributed by atoms with E-state index in [0.717, 1.165) is 71.3 Å². The third kappa shape index (κ3) is 5.65. The standard InChI is InChI=1S/C33H28F4N2.ClH/c34-24-7-3-22(4-8-24)29(23-5-9-25(35)10-6-23)2-1-18-38-19-17-33-31(21-38)30-20-27(37)13-16-32(30)39(33)28-14-11-26(36)12-15-28;/h3-16,20,29H,1-2,17-19,21H2;1H. The van der Waals surface area contributed by atoms with E-state index in [-0.39, 0.29) is 41.6 Å². The number of benzene rings is 4. The smallest absolute Gasteiger partial charge is 0.123 e. The van der Waals surface area contributed by atoms with Crippen molar-refractivity contribution >= 4 is 23.3 Å². The Morgan fingerprint density at radius 1 is 0.675 bits per heavy atom. The van der Waals surface area contributed by atoms with Crippen LogP contribution < -0.4 is 0 Å². The number of nitrogens with zero attached hydrogens (tertiary/aromatic N) is 2. The lowest BCUT2D eigenvalue weighted by Crippen LogP contribution is -2.32. The number of hydrogen-bond acceptors (Lipinski definition) is 1.